The first-order valence-electron chi connectivity index (χ1n) is 6.85. The zero-order valence-corrected chi connectivity index (χ0v) is 12.2. The number of piperidine rings is 1. The Morgan fingerprint density at radius 3 is 2.85 bits per heavy atom. The Bertz CT molecular complexity index is 523. The van der Waals surface area contributed by atoms with Gasteiger partial charge in [-0.1, -0.05) is 13.0 Å². The molecule has 0 aromatic carbocycles. The molecular formula is C15H20N2O3. The quantitative estimate of drug-likeness (QED) is 0.777. The number of methoxy groups -OCH3 is 1. The second-order valence-corrected chi connectivity index (χ2v) is 4.70. The highest BCUT2D eigenvalue weighted by Gasteiger charge is 2.31. The van der Waals surface area contributed by atoms with Crippen LogP contribution < -0.4 is 5.32 Å². The molecular weight excluding hydrogens is 256 g/mol. The Morgan fingerprint density at radius 1 is 1.50 bits per heavy atom. The van der Waals surface area contributed by atoms with Crippen molar-refractivity contribution in [3.8, 4) is 0 Å². The van der Waals surface area contributed by atoms with Crippen molar-refractivity contribution >= 4 is 11.8 Å². The molecule has 0 aromatic heterocycles. The van der Waals surface area contributed by atoms with Gasteiger partial charge in [-0.15, -0.1) is 0 Å². The minimum absolute atomic E-state index is 0.0553. The maximum Gasteiger partial charge on any atom is 0.246 e. The van der Waals surface area contributed by atoms with Gasteiger partial charge in [0.15, 0.2) is 0 Å². The van der Waals surface area contributed by atoms with E-state index in [0.717, 1.165) is 29.7 Å². The zero-order chi connectivity index (χ0) is 14.7. The molecule has 0 radical (unpaired) electrons. The molecule has 5 nitrogen and oxygen atoms in total. The van der Waals surface area contributed by atoms with Gasteiger partial charge in [0.25, 0.3) is 0 Å². The number of nitrogens with zero attached hydrogens (tertiary/aromatic N) is 1. The van der Waals surface area contributed by atoms with Crippen molar-refractivity contribution < 1.29 is 14.3 Å². The van der Waals surface area contributed by atoms with Crippen LogP contribution in [0.25, 0.3) is 0 Å². The van der Waals surface area contributed by atoms with Gasteiger partial charge in [0.1, 0.15) is 0 Å². The molecule has 0 bridgehead atoms. The van der Waals surface area contributed by atoms with Crippen molar-refractivity contribution in [1.29, 1.82) is 0 Å². The van der Waals surface area contributed by atoms with E-state index < -0.39 is 0 Å². The standard InChI is InChI=1S/C15H20N2O3/c1-4-10-11(13(5-2)20-3)6-7-17-12(10)8-14(18)16-9-15(17)19/h4,8H,5-7,9H2,1-3H3,(H,16,18). The first kappa shape index (κ1) is 14.4. The molecule has 20 heavy (non-hydrogen) atoms. The molecule has 2 aliphatic rings. The van der Waals surface area contributed by atoms with Crippen molar-refractivity contribution in [3.05, 3.63) is 34.8 Å². The van der Waals surface area contributed by atoms with Crippen molar-refractivity contribution in [1.82, 2.24) is 10.2 Å². The smallest absolute Gasteiger partial charge is 0.246 e. The van der Waals surface area contributed by atoms with Crippen LogP contribution in [0.1, 0.15) is 26.7 Å². The minimum Gasteiger partial charge on any atom is -0.501 e. The Balaban J connectivity index is 2.52. The third kappa shape index (κ3) is 2.48. The molecule has 1 N–H and O–H groups in total. The third-order valence-electron chi connectivity index (χ3n) is 3.65. The van der Waals surface area contributed by atoms with E-state index in [1.807, 2.05) is 19.9 Å². The van der Waals surface area contributed by atoms with Crippen LogP contribution in [0.4, 0.5) is 0 Å². The Kier molecular flexibility index (Phi) is 4.27. The molecule has 0 spiro atoms. The molecule has 0 aromatic rings. The number of allylic oxidation sites excluding steroid dienone is 3. The molecule has 1 saturated heterocycles. The fourth-order valence-corrected chi connectivity index (χ4v) is 2.72. The van der Waals surface area contributed by atoms with Gasteiger partial charge < -0.3 is 15.0 Å². The maximum absolute atomic E-state index is 12.1. The number of carbonyl (C=O) groups excluding carboxylic acids is 2. The molecule has 2 rings (SSSR count). The fraction of sp³-hybridized carbons (Fsp3) is 0.467. The highest BCUT2D eigenvalue weighted by atomic mass is 16.5. The summed E-state index contributed by atoms with van der Waals surface area (Å²) in [7, 11) is 1.66. The lowest BCUT2D eigenvalue weighted by molar-refractivity contribution is -0.129. The molecule has 0 aliphatic carbocycles. The van der Waals surface area contributed by atoms with Crippen molar-refractivity contribution in [3.63, 3.8) is 0 Å². The molecule has 2 aliphatic heterocycles. The molecule has 5 heteroatoms. The lowest BCUT2D eigenvalue weighted by Gasteiger charge is -2.33. The number of ether oxygens (including phenoxy) is 1. The van der Waals surface area contributed by atoms with Crippen LogP contribution in [0, 0.1) is 0 Å². The summed E-state index contributed by atoms with van der Waals surface area (Å²) in [4.78, 5) is 25.5. The highest BCUT2D eigenvalue weighted by Crippen LogP contribution is 2.34. The molecule has 108 valence electrons. The van der Waals surface area contributed by atoms with Gasteiger partial charge in [-0.3, -0.25) is 9.59 Å². The number of amides is 2. The lowest BCUT2D eigenvalue weighted by Crippen LogP contribution is -2.39. The first-order chi connectivity index (χ1) is 9.62. The van der Waals surface area contributed by atoms with Gasteiger partial charge in [-0.05, 0) is 13.3 Å². The zero-order valence-electron chi connectivity index (χ0n) is 12.2. The normalized spacial score (nSPS) is 23.9. The van der Waals surface area contributed by atoms with Gasteiger partial charge in [0, 0.05) is 30.2 Å². The number of rotatable bonds is 2. The van der Waals surface area contributed by atoms with Gasteiger partial charge >= 0.3 is 0 Å². The van der Waals surface area contributed by atoms with Crippen LogP contribution >= 0.6 is 0 Å². The summed E-state index contributed by atoms with van der Waals surface area (Å²) in [5.41, 5.74) is 2.68. The summed E-state index contributed by atoms with van der Waals surface area (Å²) < 4.78 is 5.44. The van der Waals surface area contributed by atoms with Gasteiger partial charge in [-0.25, -0.2) is 0 Å². The molecule has 2 heterocycles. The van der Waals surface area contributed by atoms with Crippen LogP contribution in [0.2, 0.25) is 0 Å². The monoisotopic (exact) mass is 276 g/mol. The topological polar surface area (TPSA) is 58.6 Å². The average Bonchev–Trinajstić information content (AvgIpc) is 2.59. The summed E-state index contributed by atoms with van der Waals surface area (Å²) in [6.07, 6.45) is 4.97. The Labute approximate surface area is 119 Å². The van der Waals surface area contributed by atoms with Gasteiger partial charge in [-0.2, -0.15) is 0 Å². The van der Waals surface area contributed by atoms with E-state index >= 15 is 0 Å². The summed E-state index contributed by atoms with van der Waals surface area (Å²) >= 11 is 0. The largest absolute Gasteiger partial charge is 0.501 e. The number of hydrogen-bond donors (Lipinski definition) is 1. The van der Waals surface area contributed by atoms with Gasteiger partial charge in [0.05, 0.1) is 25.1 Å². The number of nitrogens with one attached hydrogen (secondary N) is 1. The lowest BCUT2D eigenvalue weighted by atomic mass is 9.92. The summed E-state index contributed by atoms with van der Waals surface area (Å²) in [5, 5.41) is 2.59. The third-order valence-corrected chi connectivity index (χ3v) is 3.65. The van der Waals surface area contributed by atoms with Crippen molar-refractivity contribution in [2.24, 2.45) is 0 Å². The summed E-state index contributed by atoms with van der Waals surface area (Å²) in [6.45, 7) is 4.58. The van der Waals surface area contributed by atoms with Crippen molar-refractivity contribution in [2.75, 3.05) is 20.2 Å². The Hall–Kier alpha value is -2.04. The van der Waals surface area contributed by atoms with Crippen LogP contribution in [-0.2, 0) is 14.3 Å². The maximum atomic E-state index is 12.1. The molecule has 0 unspecified atom stereocenters. The van der Waals surface area contributed by atoms with E-state index in [4.69, 9.17) is 4.74 Å². The van der Waals surface area contributed by atoms with Crippen LogP contribution in [-0.4, -0.2) is 36.9 Å². The molecule has 0 saturated carbocycles. The SMILES string of the molecule is CC=C1C2=CC(=O)NCC(=O)N2CCC1=C(CC)OC. The van der Waals surface area contributed by atoms with Crippen LogP contribution in [0.3, 0.4) is 0 Å². The highest BCUT2D eigenvalue weighted by molar-refractivity contribution is 5.96. The Morgan fingerprint density at radius 2 is 2.25 bits per heavy atom. The molecule has 2 amide bonds. The summed E-state index contributed by atoms with van der Waals surface area (Å²) in [5.74, 6) is 0.610. The summed E-state index contributed by atoms with van der Waals surface area (Å²) in [6, 6.07) is 0. The number of fused-ring (bicyclic) bond motifs is 1. The second kappa shape index (κ2) is 5.94. The minimum atomic E-state index is -0.230. The van der Waals surface area contributed by atoms with Crippen LogP contribution in [0.5, 0.6) is 0 Å². The first-order valence-corrected chi connectivity index (χ1v) is 6.85. The van der Waals surface area contributed by atoms with E-state index in [1.54, 1.807) is 12.0 Å². The van der Waals surface area contributed by atoms with Crippen molar-refractivity contribution in [2.45, 2.75) is 26.7 Å². The van der Waals surface area contributed by atoms with E-state index in [2.05, 4.69) is 5.32 Å². The van der Waals surface area contributed by atoms with Gasteiger partial charge in [0.2, 0.25) is 11.8 Å². The number of carbonyl (C=O) groups is 2. The van der Waals surface area contributed by atoms with E-state index in [9.17, 15) is 9.59 Å². The predicted octanol–water partition coefficient (Wildman–Crippen LogP) is 1.49. The second-order valence-electron chi connectivity index (χ2n) is 4.70. The van der Waals surface area contributed by atoms with E-state index in [-0.39, 0.29) is 18.4 Å². The molecule has 0 atom stereocenters. The van der Waals surface area contributed by atoms with E-state index in [1.165, 1.54) is 6.08 Å². The molecule has 1 fully saturated rings. The van der Waals surface area contributed by atoms with E-state index in [0.29, 0.717) is 12.2 Å². The fourth-order valence-electron chi connectivity index (χ4n) is 2.72. The average molecular weight is 276 g/mol. The van der Waals surface area contributed by atoms with Crippen LogP contribution in [0.15, 0.2) is 34.8 Å². The number of hydrogen-bond acceptors (Lipinski definition) is 3. The predicted molar refractivity (Wildman–Crippen MR) is 75.5 cm³/mol.